The summed E-state index contributed by atoms with van der Waals surface area (Å²) in [6, 6.07) is 19.8. The summed E-state index contributed by atoms with van der Waals surface area (Å²) < 4.78 is 13.2. The number of halogens is 1. The van der Waals surface area contributed by atoms with Crippen LogP contribution in [0, 0.1) is 18.7 Å². The zero-order chi connectivity index (χ0) is 28.8. The largest absolute Gasteiger partial charge is 0.356 e. The Labute approximate surface area is 241 Å². The van der Waals surface area contributed by atoms with E-state index in [9.17, 15) is 14.0 Å². The van der Waals surface area contributed by atoms with Gasteiger partial charge in [0.1, 0.15) is 5.82 Å². The molecule has 2 heterocycles. The fraction of sp³-hybridized carbons (Fsp3) is 0.324. The number of amides is 2. The van der Waals surface area contributed by atoms with Crippen LogP contribution in [0.5, 0.6) is 0 Å². The summed E-state index contributed by atoms with van der Waals surface area (Å²) in [5, 5.41) is 6.97. The molecule has 0 spiro atoms. The third-order valence-corrected chi connectivity index (χ3v) is 7.92. The minimum Gasteiger partial charge on any atom is -0.356 e. The molecule has 1 fully saturated rings. The molecular weight excluding hydrogens is 515 g/mol. The van der Waals surface area contributed by atoms with Crippen molar-refractivity contribution in [1.29, 1.82) is 0 Å². The Morgan fingerprint density at radius 2 is 1.66 bits per heavy atom. The minimum absolute atomic E-state index is 0.160. The van der Waals surface area contributed by atoms with E-state index in [4.69, 9.17) is 4.98 Å². The summed E-state index contributed by atoms with van der Waals surface area (Å²) in [5.74, 6) is 0.313. The molecule has 1 aliphatic rings. The number of likely N-dealkylation sites (tertiary alicyclic amines) is 1. The van der Waals surface area contributed by atoms with Gasteiger partial charge >= 0.3 is 0 Å². The van der Waals surface area contributed by atoms with Crippen LogP contribution in [0.4, 0.5) is 10.1 Å². The number of fused-ring (bicyclic) bond motifs is 1. The van der Waals surface area contributed by atoms with E-state index in [-0.39, 0.29) is 17.6 Å². The summed E-state index contributed by atoms with van der Waals surface area (Å²) in [5.41, 5.74) is 6.09. The molecule has 0 atom stereocenters. The molecule has 0 bridgehead atoms. The number of nitrogens with zero attached hydrogens (tertiary/aromatic N) is 2. The third-order valence-electron chi connectivity index (χ3n) is 7.92. The molecular formula is C34H37FN4O2. The molecule has 1 aliphatic heterocycles. The van der Waals surface area contributed by atoms with E-state index in [1.807, 2.05) is 38.2 Å². The lowest BCUT2D eigenvalue weighted by molar-refractivity contribution is -0.121. The number of aromatic nitrogens is 1. The van der Waals surface area contributed by atoms with Crippen molar-refractivity contribution >= 4 is 28.4 Å². The quantitative estimate of drug-likeness (QED) is 0.241. The van der Waals surface area contributed by atoms with Gasteiger partial charge in [-0.2, -0.15) is 0 Å². The summed E-state index contributed by atoms with van der Waals surface area (Å²) in [6.45, 7) is 7.57. The predicted octanol–water partition coefficient (Wildman–Crippen LogP) is 6.73. The minimum atomic E-state index is -0.275. The Bertz CT molecular complexity index is 1510. The molecule has 1 aromatic heterocycles. The topological polar surface area (TPSA) is 74.3 Å². The van der Waals surface area contributed by atoms with Gasteiger partial charge in [-0.15, -0.1) is 0 Å². The highest BCUT2D eigenvalue weighted by molar-refractivity contribution is 6.05. The molecule has 0 saturated carbocycles. The van der Waals surface area contributed by atoms with E-state index in [1.165, 1.54) is 17.7 Å². The highest BCUT2D eigenvalue weighted by Gasteiger charge is 2.20. The number of hydrogen-bond donors (Lipinski definition) is 2. The van der Waals surface area contributed by atoms with Crippen LogP contribution in [-0.2, 0) is 11.3 Å². The van der Waals surface area contributed by atoms with Crippen LogP contribution < -0.4 is 10.6 Å². The second-order valence-corrected chi connectivity index (χ2v) is 11.0. The first-order valence-corrected chi connectivity index (χ1v) is 14.4. The van der Waals surface area contributed by atoms with Gasteiger partial charge in [0.05, 0.1) is 5.52 Å². The highest BCUT2D eigenvalue weighted by atomic mass is 19.1. The maximum absolute atomic E-state index is 13.2. The molecule has 2 N–H and O–H groups in total. The van der Waals surface area contributed by atoms with Crippen LogP contribution in [0.1, 0.15) is 54.1 Å². The van der Waals surface area contributed by atoms with E-state index in [0.717, 1.165) is 72.2 Å². The number of nitrogens with one attached hydrogen (secondary N) is 2. The van der Waals surface area contributed by atoms with Gasteiger partial charge in [-0.1, -0.05) is 24.3 Å². The SMILES string of the molecule is CCNC(=O)CCC1CCN(Cc2cnc3cc(NC(=O)c4ccc(-c5ccc(F)cc5)cc4)c(C)cc3c2)CC1. The van der Waals surface area contributed by atoms with E-state index in [2.05, 4.69) is 27.7 Å². The normalized spacial score (nSPS) is 14.2. The standard InChI is InChI=1S/C34H37FN4O2/c1-3-36-33(40)13-4-24-14-16-39(17-15-24)22-25-19-29-18-23(2)31(20-32(29)37-21-25)38-34(41)28-7-5-26(6-8-28)27-9-11-30(35)12-10-27/h5-12,18-21,24H,3-4,13-17,22H2,1-2H3,(H,36,40)(H,38,41). The van der Waals surface area contributed by atoms with Crippen LogP contribution in [-0.4, -0.2) is 41.3 Å². The van der Waals surface area contributed by atoms with Crippen molar-refractivity contribution in [1.82, 2.24) is 15.2 Å². The molecule has 3 aromatic carbocycles. The Kier molecular flexibility index (Phi) is 9.04. The van der Waals surface area contributed by atoms with E-state index in [1.54, 1.807) is 24.3 Å². The van der Waals surface area contributed by atoms with E-state index < -0.39 is 0 Å². The van der Waals surface area contributed by atoms with Crippen LogP contribution in [0.2, 0.25) is 0 Å². The molecule has 6 nitrogen and oxygen atoms in total. The summed E-state index contributed by atoms with van der Waals surface area (Å²) >= 11 is 0. The van der Waals surface area contributed by atoms with Crippen LogP contribution in [0.25, 0.3) is 22.0 Å². The molecule has 1 saturated heterocycles. The van der Waals surface area contributed by atoms with Crippen molar-refractivity contribution in [3.8, 4) is 11.1 Å². The smallest absolute Gasteiger partial charge is 0.255 e. The molecule has 0 radical (unpaired) electrons. The number of pyridine rings is 1. The molecule has 41 heavy (non-hydrogen) atoms. The number of benzene rings is 3. The molecule has 5 rings (SSSR count). The fourth-order valence-electron chi connectivity index (χ4n) is 5.52. The maximum atomic E-state index is 13.2. The predicted molar refractivity (Wildman–Crippen MR) is 162 cm³/mol. The monoisotopic (exact) mass is 552 g/mol. The summed E-state index contributed by atoms with van der Waals surface area (Å²) in [6.07, 6.45) is 5.77. The molecule has 0 unspecified atom stereocenters. The molecule has 4 aromatic rings. The average Bonchev–Trinajstić information content (AvgIpc) is 2.98. The fourth-order valence-corrected chi connectivity index (χ4v) is 5.52. The van der Waals surface area contributed by atoms with Crippen molar-refractivity contribution < 1.29 is 14.0 Å². The molecule has 7 heteroatoms. The number of piperidine rings is 1. The summed E-state index contributed by atoms with van der Waals surface area (Å²) in [7, 11) is 0. The van der Waals surface area contributed by atoms with Crippen LogP contribution in [0.3, 0.4) is 0 Å². The number of rotatable bonds is 9. The maximum Gasteiger partial charge on any atom is 0.255 e. The van der Waals surface area contributed by atoms with Gasteiger partial charge in [0.25, 0.3) is 5.91 Å². The molecule has 0 aliphatic carbocycles. The number of hydrogen-bond acceptors (Lipinski definition) is 4. The van der Waals surface area contributed by atoms with E-state index >= 15 is 0 Å². The van der Waals surface area contributed by atoms with Gasteiger partial charge in [0.2, 0.25) is 5.91 Å². The third kappa shape index (κ3) is 7.35. The Balaban J connectivity index is 1.18. The van der Waals surface area contributed by atoms with Gasteiger partial charge in [-0.25, -0.2) is 4.39 Å². The second kappa shape index (κ2) is 13.0. The lowest BCUT2D eigenvalue weighted by Crippen LogP contribution is -2.33. The van der Waals surface area contributed by atoms with Gasteiger partial charge in [-0.3, -0.25) is 19.5 Å². The second-order valence-electron chi connectivity index (χ2n) is 11.0. The van der Waals surface area contributed by atoms with Gasteiger partial charge in [0.15, 0.2) is 0 Å². The first kappa shape index (κ1) is 28.4. The Hall–Kier alpha value is -4.10. The first-order chi connectivity index (χ1) is 19.9. The van der Waals surface area contributed by atoms with Crippen LogP contribution in [0.15, 0.2) is 72.9 Å². The first-order valence-electron chi connectivity index (χ1n) is 14.4. The van der Waals surface area contributed by atoms with E-state index in [0.29, 0.717) is 24.4 Å². The number of aryl methyl sites for hydroxylation is 1. The van der Waals surface area contributed by atoms with Crippen LogP contribution >= 0.6 is 0 Å². The highest BCUT2D eigenvalue weighted by Crippen LogP contribution is 2.27. The Morgan fingerprint density at radius 3 is 2.34 bits per heavy atom. The van der Waals surface area contributed by atoms with Crippen molar-refractivity contribution in [3.05, 3.63) is 95.4 Å². The zero-order valence-electron chi connectivity index (χ0n) is 23.8. The average molecular weight is 553 g/mol. The lowest BCUT2D eigenvalue weighted by atomic mass is 9.92. The van der Waals surface area contributed by atoms with Gasteiger partial charge < -0.3 is 10.6 Å². The van der Waals surface area contributed by atoms with Gasteiger partial charge in [0, 0.05) is 42.3 Å². The lowest BCUT2D eigenvalue weighted by Gasteiger charge is -2.31. The van der Waals surface area contributed by atoms with Crippen molar-refractivity contribution in [2.45, 2.75) is 46.1 Å². The summed E-state index contributed by atoms with van der Waals surface area (Å²) in [4.78, 5) is 31.9. The van der Waals surface area contributed by atoms with Crippen molar-refractivity contribution in [2.24, 2.45) is 5.92 Å². The molecule has 212 valence electrons. The Morgan fingerprint density at radius 1 is 0.976 bits per heavy atom. The van der Waals surface area contributed by atoms with Gasteiger partial charge in [-0.05, 0) is 117 Å². The van der Waals surface area contributed by atoms with Crippen molar-refractivity contribution in [2.75, 3.05) is 25.0 Å². The number of carbonyl (C=O) groups excluding carboxylic acids is 2. The number of anilines is 1. The number of carbonyl (C=O) groups is 2. The molecule has 2 amide bonds. The van der Waals surface area contributed by atoms with Crippen molar-refractivity contribution in [3.63, 3.8) is 0 Å². The zero-order valence-corrected chi connectivity index (χ0v) is 23.8.